The molecule has 0 fully saturated rings. The molecule has 1 unspecified atom stereocenters. The molecule has 1 N–H and O–H groups in total. The number of carboxylic acids is 1. The van der Waals surface area contributed by atoms with Gasteiger partial charge < -0.3 is 9.84 Å². The molecule has 13 heavy (non-hydrogen) atoms. The lowest BCUT2D eigenvalue weighted by molar-refractivity contribution is -0.137. The zero-order valence-electron chi connectivity index (χ0n) is 8.96. The second kappa shape index (κ2) is 5.22. The first-order chi connectivity index (χ1) is 5.88. The summed E-state index contributed by atoms with van der Waals surface area (Å²) in [7, 11) is 1.68. The molecule has 78 valence electrons. The van der Waals surface area contributed by atoms with E-state index in [1.807, 2.05) is 0 Å². The van der Waals surface area contributed by atoms with Crippen LogP contribution in [0.15, 0.2) is 0 Å². The van der Waals surface area contributed by atoms with Crippen LogP contribution in [0.2, 0.25) is 0 Å². The Morgan fingerprint density at radius 2 is 2.00 bits per heavy atom. The molecule has 0 aromatic rings. The normalized spacial score (nSPS) is 14.2. The van der Waals surface area contributed by atoms with Crippen LogP contribution in [0.4, 0.5) is 0 Å². The van der Waals surface area contributed by atoms with E-state index in [2.05, 4.69) is 20.8 Å². The lowest BCUT2D eigenvalue weighted by Gasteiger charge is -2.29. The fraction of sp³-hybridized carbons (Fsp3) is 0.900. The third-order valence-electron chi connectivity index (χ3n) is 2.11. The first-order valence-electron chi connectivity index (χ1n) is 4.62. The molecule has 0 bridgehead atoms. The molecule has 0 amide bonds. The van der Waals surface area contributed by atoms with Gasteiger partial charge in [-0.25, -0.2) is 0 Å². The van der Waals surface area contributed by atoms with E-state index in [-0.39, 0.29) is 17.9 Å². The zero-order valence-corrected chi connectivity index (χ0v) is 8.96. The number of hydrogen-bond donors (Lipinski definition) is 1. The van der Waals surface area contributed by atoms with Crippen molar-refractivity contribution in [2.24, 2.45) is 5.41 Å². The van der Waals surface area contributed by atoms with Crippen molar-refractivity contribution < 1.29 is 14.6 Å². The van der Waals surface area contributed by atoms with Gasteiger partial charge in [0, 0.05) is 13.5 Å². The van der Waals surface area contributed by atoms with E-state index in [4.69, 9.17) is 9.84 Å². The largest absolute Gasteiger partial charge is 0.481 e. The predicted molar refractivity (Wildman–Crippen MR) is 51.7 cm³/mol. The summed E-state index contributed by atoms with van der Waals surface area (Å²) in [6.07, 6.45) is 1.87. The summed E-state index contributed by atoms with van der Waals surface area (Å²) in [5.41, 5.74) is 0.0905. The molecule has 0 saturated heterocycles. The van der Waals surface area contributed by atoms with Crippen molar-refractivity contribution in [2.75, 3.05) is 7.11 Å². The Balaban J connectivity index is 3.80. The van der Waals surface area contributed by atoms with Crippen LogP contribution in [0.25, 0.3) is 0 Å². The molecule has 0 saturated carbocycles. The molecule has 3 nitrogen and oxygen atoms in total. The topological polar surface area (TPSA) is 46.5 Å². The van der Waals surface area contributed by atoms with E-state index < -0.39 is 5.97 Å². The summed E-state index contributed by atoms with van der Waals surface area (Å²) in [5, 5.41) is 8.46. The maximum absolute atomic E-state index is 10.3. The number of ether oxygens (including phenoxy) is 1. The van der Waals surface area contributed by atoms with Crippen molar-refractivity contribution in [3.63, 3.8) is 0 Å². The summed E-state index contributed by atoms with van der Waals surface area (Å²) >= 11 is 0. The first-order valence-corrected chi connectivity index (χ1v) is 4.62. The van der Waals surface area contributed by atoms with Gasteiger partial charge in [0.05, 0.1) is 6.10 Å². The summed E-state index contributed by atoms with van der Waals surface area (Å²) in [6.45, 7) is 6.30. The molecule has 0 heterocycles. The second-order valence-corrected chi connectivity index (χ2v) is 4.38. The van der Waals surface area contributed by atoms with Gasteiger partial charge in [0.15, 0.2) is 0 Å². The molecule has 0 spiro atoms. The van der Waals surface area contributed by atoms with Gasteiger partial charge in [0.25, 0.3) is 0 Å². The highest BCUT2D eigenvalue weighted by Crippen LogP contribution is 2.25. The maximum atomic E-state index is 10.3. The van der Waals surface area contributed by atoms with Crippen LogP contribution >= 0.6 is 0 Å². The van der Waals surface area contributed by atoms with E-state index >= 15 is 0 Å². The lowest BCUT2D eigenvalue weighted by atomic mass is 9.86. The third kappa shape index (κ3) is 5.64. The molecule has 0 aliphatic heterocycles. The smallest absolute Gasteiger partial charge is 0.303 e. The van der Waals surface area contributed by atoms with Crippen molar-refractivity contribution >= 4 is 5.97 Å². The molecule has 0 rings (SSSR count). The van der Waals surface area contributed by atoms with E-state index in [0.29, 0.717) is 6.42 Å². The van der Waals surface area contributed by atoms with E-state index in [1.165, 1.54) is 0 Å². The van der Waals surface area contributed by atoms with Gasteiger partial charge in [0.1, 0.15) is 0 Å². The van der Waals surface area contributed by atoms with Gasteiger partial charge in [-0.2, -0.15) is 0 Å². The Kier molecular flexibility index (Phi) is 4.99. The van der Waals surface area contributed by atoms with Crippen LogP contribution in [-0.2, 0) is 9.53 Å². The zero-order chi connectivity index (χ0) is 10.5. The number of carboxylic acid groups (broad SMARTS) is 1. The van der Waals surface area contributed by atoms with Crippen LogP contribution in [0.5, 0.6) is 0 Å². The quantitative estimate of drug-likeness (QED) is 0.720. The van der Waals surface area contributed by atoms with Crippen LogP contribution in [0.3, 0.4) is 0 Å². The SMILES string of the molecule is COC(CCCC(=O)O)C(C)(C)C. The first kappa shape index (κ1) is 12.4. The average Bonchev–Trinajstić information content (AvgIpc) is 1.95. The van der Waals surface area contributed by atoms with Gasteiger partial charge >= 0.3 is 5.97 Å². The fourth-order valence-electron chi connectivity index (χ4n) is 1.34. The van der Waals surface area contributed by atoms with Gasteiger partial charge in [0.2, 0.25) is 0 Å². The van der Waals surface area contributed by atoms with Crippen molar-refractivity contribution in [1.82, 2.24) is 0 Å². The fourth-order valence-corrected chi connectivity index (χ4v) is 1.34. The van der Waals surface area contributed by atoms with Crippen molar-refractivity contribution in [3.8, 4) is 0 Å². The van der Waals surface area contributed by atoms with Gasteiger partial charge in [-0.3, -0.25) is 4.79 Å². The molecule has 0 aliphatic carbocycles. The number of aliphatic carboxylic acids is 1. The van der Waals surface area contributed by atoms with Crippen LogP contribution < -0.4 is 0 Å². The maximum Gasteiger partial charge on any atom is 0.303 e. The minimum Gasteiger partial charge on any atom is -0.481 e. The van der Waals surface area contributed by atoms with Crippen molar-refractivity contribution in [2.45, 2.75) is 46.1 Å². The van der Waals surface area contributed by atoms with Crippen LogP contribution in [0.1, 0.15) is 40.0 Å². The highest BCUT2D eigenvalue weighted by Gasteiger charge is 2.23. The molecule has 3 heteroatoms. The van der Waals surface area contributed by atoms with E-state index in [0.717, 1.165) is 6.42 Å². The number of hydrogen-bond acceptors (Lipinski definition) is 2. The molecule has 0 aromatic heterocycles. The highest BCUT2D eigenvalue weighted by molar-refractivity contribution is 5.66. The molecule has 0 aromatic carbocycles. The Hall–Kier alpha value is -0.570. The van der Waals surface area contributed by atoms with Crippen molar-refractivity contribution in [3.05, 3.63) is 0 Å². The Morgan fingerprint density at radius 1 is 1.46 bits per heavy atom. The Morgan fingerprint density at radius 3 is 2.31 bits per heavy atom. The standard InChI is InChI=1S/C10H20O3/c1-10(2,3)8(13-4)6-5-7-9(11)12/h8H,5-7H2,1-4H3,(H,11,12). The lowest BCUT2D eigenvalue weighted by Crippen LogP contribution is -2.28. The average molecular weight is 188 g/mol. The summed E-state index contributed by atoms with van der Waals surface area (Å²) < 4.78 is 5.30. The number of rotatable bonds is 5. The summed E-state index contributed by atoms with van der Waals surface area (Å²) in [6, 6.07) is 0. The predicted octanol–water partition coefficient (Wildman–Crippen LogP) is 2.30. The van der Waals surface area contributed by atoms with Gasteiger partial charge in [-0.05, 0) is 18.3 Å². The van der Waals surface area contributed by atoms with Crippen molar-refractivity contribution in [1.29, 1.82) is 0 Å². The van der Waals surface area contributed by atoms with Crippen LogP contribution in [0, 0.1) is 5.41 Å². The molecular weight excluding hydrogens is 168 g/mol. The summed E-state index contributed by atoms with van der Waals surface area (Å²) in [5.74, 6) is -0.733. The minimum atomic E-state index is -0.733. The number of methoxy groups -OCH3 is 1. The third-order valence-corrected chi connectivity index (χ3v) is 2.11. The minimum absolute atomic E-state index is 0.0905. The molecule has 1 atom stereocenters. The molecule has 0 aliphatic rings. The van der Waals surface area contributed by atoms with E-state index in [9.17, 15) is 4.79 Å². The van der Waals surface area contributed by atoms with Gasteiger partial charge in [-0.15, -0.1) is 0 Å². The number of carbonyl (C=O) groups is 1. The molecular formula is C10H20O3. The molecule has 0 radical (unpaired) electrons. The Bertz CT molecular complexity index is 158. The van der Waals surface area contributed by atoms with E-state index in [1.54, 1.807) is 7.11 Å². The van der Waals surface area contributed by atoms with Gasteiger partial charge in [-0.1, -0.05) is 20.8 Å². The van der Waals surface area contributed by atoms with Crippen LogP contribution in [-0.4, -0.2) is 24.3 Å². The summed E-state index contributed by atoms with van der Waals surface area (Å²) in [4.78, 5) is 10.3. The monoisotopic (exact) mass is 188 g/mol. The highest BCUT2D eigenvalue weighted by atomic mass is 16.5. The second-order valence-electron chi connectivity index (χ2n) is 4.38. The Labute approximate surface area is 80.1 Å².